The average Bonchev–Trinajstić information content (AvgIpc) is 2.75. The van der Waals surface area contributed by atoms with Gasteiger partial charge in [-0.15, -0.1) is 0 Å². The minimum Gasteiger partial charge on any atom is -0.494 e. The fourth-order valence-electron chi connectivity index (χ4n) is 2.59. The van der Waals surface area contributed by atoms with Gasteiger partial charge in [0, 0.05) is 21.2 Å². The Morgan fingerprint density at radius 1 is 0.967 bits per heavy atom. The van der Waals surface area contributed by atoms with Gasteiger partial charge < -0.3 is 9.47 Å². The monoisotopic (exact) mass is 442 g/mol. The second-order valence-electron chi connectivity index (χ2n) is 6.25. The quantitative estimate of drug-likeness (QED) is 0.357. The van der Waals surface area contributed by atoms with Crippen LogP contribution >= 0.6 is 23.2 Å². The third kappa shape index (κ3) is 6.24. The van der Waals surface area contributed by atoms with Gasteiger partial charge in [0.15, 0.2) is 0 Å². The first-order valence-electron chi connectivity index (χ1n) is 9.28. The van der Waals surface area contributed by atoms with Crippen LogP contribution in [0.5, 0.6) is 11.5 Å². The van der Waals surface area contributed by atoms with Crippen molar-refractivity contribution >= 4 is 35.3 Å². The highest BCUT2D eigenvalue weighted by Crippen LogP contribution is 2.23. The Morgan fingerprint density at radius 3 is 2.37 bits per heavy atom. The summed E-state index contributed by atoms with van der Waals surface area (Å²) in [5, 5.41) is 5.24. The molecule has 0 saturated heterocycles. The van der Waals surface area contributed by atoms with Crippen molar-refractivity contribution in [3.05, 3.63) is 93.5 Å². The Balaban J connectivity index is 1.64. The van der Waals surface area contributed by atoms with Crippen LogP contribution in [0.2, 0.25) is 10.0 Å². The molecule has 0 spiro atoms. The average molecular weight is 443 g/mol. The molecule has 1 N–H and O–H groups in total. The van der Waals surface area contributed by atoms with Gasteiger partial charge in [-0.25, -0.2) is 5.43 Å². The van der Waals surface area contributed by atoms with Gasteiger partial charge in [0.2, 0.25) is 0 Å². The second-order valence-corrected chi connectivity index (χ2v) is 7.13. The molecule has 30 heavy (non-hydrogen) atoms. The van der Waals surface area contributed by atoms with Crippen LogP contribution in [-0.2, 0) is 6.61 Å². The van der Waals surface area contributed by atoms with Crippen molar-refractivity contribution < 1.29 is 14.3 Å². The Kier molecular flexibility index (Phi) is 7.71. The van der Waals surface area contributed by atoms with E-state index in [0.717, 1.165) is 5.56 Å². The van der Waals surface area contributed by atoms with Crippen LogP contribution in [0.15, 0.2) is 71.8 Å². The number of ether oxygens (including phenoxy) is 2. The topological polar surface area (TPSA) is 59.9 Å². The molecular formula is C23H20Cl2N2O3. The number of benzene rings is 3. The van der Waals surface area contributed by atoms with E-state index in [9.17, 15) is 4.79 Å². The van der Waals surface area contributed by atoms with Crippen molar-refractivity contribution in [1.82, 2.24) is 5.43 Å². The molecule has 0 aliphatic carbocycles. The lowest BCUT2D eigenvalue weighted by atomic mass is 10.2. The van der Waals surface area contributed by atoms with Crippen molar-refractivity contribution in [3.8, 4) is 11.5 Å². The second kappa shape index (κ2) is 10.7. The van der Waals surface area contributed by atoms with E-state index in [1.165, 1.54) is 6.21 Å². The molecule has 1 amide bonds. The van der Waals surface area contributed by atoms with E-state index in [1.54, 1.807) is 54.6 Å². The van der Waals surface area contributed by atoms with Gasteiger partial charge in [0.1, 0.15) is 18.1 Å². The predicted molar refractivity (Wildman–Crippen MR) is 120 cm³/mol. The smallest absolute Gasteiger partial charge is 0.271 e. The zero-order chi connectivity index (χ0) is 21.3. The molecule has 0 heterocycles. The highest BCUT2D eigenvalue weighted by molar-refractivity contribution is 6.31. The summed E-state index contributed by atoms with van der Waals surface area (Å²) < 4.78 is 11.2. The van der Waals surface area contributed by atoms with Gasteiger partial charge in [0.05, 0.1) is 12.8 Å². The van der Waals surface area contributed by atoms with E-state index in [0.29, 0.717) is 45.9 Å². The Bertz CT molecular complexity index is 1020. The van der Waals surface area contributed by atoms with E-state index in [-0.39, 0.29) is 5.91 Å². The van der Waals surface area contributed by atoms with Crippen LogP contribution in [0.25, 0.3) is 0 Å². The summed E-state index contributed by atoms with van der Waals surface area (Å²) >= 11 is 12.0. The maximum Gasteiger partial charge on any atom is 0.271 e. The highest BCUT2D eigenvalue weighted by Gasteiger charge is 2.06. The zero-order valence-electron chi connectivity index (χ0n) is 16.3. The van der Waals surface area contributed by atoms with Crippen molar-refractivity contribution in [1.29, 1.82) is 0 Å². The number of nitrogens with one attached hydrogen (secondary N) is 1. The fourth-order valence-corrected chi connectivity index (χ4v) is 2.89. The summed E-state index contributed by atoms with van der Waals surface area (Å²) in [6, 6.07) is 19.4. The molecule has 0 aromatic heterocycles. The Hall–Kier alpha value is -3.02. The maximum absolute atomic E-state index is 12.3. The van der Waals surface area contributed by atoms with Crippen LogP contribution in [0.3, 0.4) is 0 Å². The standard InChI is InChI=1S/C23H20Cl2N2O3/c1-2-29-21-10-5-17(6-11-21)23(28)27-26-14-18-13-20(25)9-12-22(18)30-15-16-3-7-19(24)8-4-16/h3-14H,2,15H2,1H3,(H,27,28)/b26-14-. The van der Waals surface area contributed by atoms with Crippen LogP contribution in [0.1, 0.15) is 28.4 Å². The Labute approximate surface area is 185 Å². The highest BCUT2D eigenvalue weighted by atomic mass is 35.5. The summed E-state index contributed by atoms with van der Waals surface area (Å²) in [5.74, 6) is 0.965. The number of nitrogens with zero attached hydrogens (tertiary/aromatic N) is 1. The number of amides is 1. The minimum atomic E-state index is -0.333. The van der Waals surface area contributed by atoms with Gasteiger partial charge in [-0.3, -0.25) is 4.79 Å². The molecule has 7 heteroatoms. The van der Waals surface area contributed by atoms with Crippen LogP contribution in [0.4, 0.5) is 0 Å². The van der Waals surface area contributed by atoms with Crippen molar-refractivity contribution in [3.63, 3.8) is 0 Å². The minimum absolute atomic E-state index is 0.333. The summed E-state index contributed by atoms with van der Waals surface area (Å²) in [6.45, 7) is 2.83. The SMILES string of the molecule is CCOc1ccc(C(=O)N/N=C\c2cc(Cl)ccc2OCc2ccc(Cl)cc2)cc1. The molecular weight excluding hydrogens is 423 g/mol. The molecule has 0 aliphatic heterocycles. The number of carbonyl (C=O) groups excluding carboxylic acids is 1. The molecule has 0 fully saturated rings. The maximum atomic E-state index is 12.3. The molecule has 5 nitrogen and oxygen atoms in total. The number of hydrogen-bond donors (Lipinski definition) is 1. The molecule has 0 atom stereocenters. The third-order valence-electron chi connectivity index (χ3n) is 4.08. The molecule has 0 unspecified atom stereocenters. The largest absolute Gasteiger partial charge is 0.494 e. The Morgan fingerprint density at radius 2 is 1.67 bits per heavy atom. The van der Waals surface area contributed by atoms with Crippen LogP contribution in [-0.4, -0.2) is 18.7 Å². The van der Waals surface area contributed by atoms with E-state index >= 15 is 0 Å². The van der Waals surface area contributed by atoms with Crippen molar-refractivity contribution in [2.45, 2.75) is 13.5 Å². The van der Waals surface area contributed by atoms with E-state index in [1.807, 2.05) is 19.1 Å². The van der Waals surface area contributed by atoms with E-state index in [4.69, 9.17) is 32.7 Å². The van der Waals surface area contributed by atoms with Gasteiger partial charge in [-0.1, -0.05) is 35.3 Å². The fraction of sp³-hybridized carbons (Fsp3) is 0.130. The van der Waals surface area contributed by atoms with Gasteiger partial charge in [-0.2, -0.15) is 5.10 Å². The van der Waals surface area contributed by atoms with Crippen LogP contribution in [0, 0.1) is 0 Å². The third-order valence-corrected chi connectivity index (χ3v) is 4.56. The normalized spacial score (nSPS) is 10.8. The molecule has 3 aromatic carbocycles. The molecule has 154 valence electrons. The van der Waals surface area contributed by atoms with Gasteiger partial charge >= 0.3 is 0 Å². The summed E-state index contributed by atoms with van der Waals surface area (Å²) in [6.07, 6.45) is 1.50. The number of hydrogen-bond acceptors (Lipinski definition) is 4. The predicted octanol–water partition coefficient (Wildman–Crippen LogP) is 5.74. The first-order valence-corrected chi connectivity index (χ1v) is 10.0. The number of carbonyl (C=O) groups is 1. The molecule has 0 aliphatic rings. The zero-order valence-corrected chi connectivity index (χ0v) is 17.8. The number of rotatable bonds is 8. The lowest BCUT2D eigenvalue weighted by Gasteiger charge is -2.10. The summed E-state index contributed by atoms with van der Waals surface area (Å²) in [4.78, 5) is 12.3. The molecule has 3 aromatic rings. The first kappa shape index (κ1) is 21.7. The molecule has 3 rings (SSSR count). The molecule has 0 bridgehead atoms. The van der Waals surface area contributed by atoms with Crippen LogP contribution < -0.4 is 14.9 Å². The van der Waals surface area contributed by atoms with E-state index < -0.39 is 0 Å². The van der Waals surface area contributed by atoms with Crippen molar-refractivity contribution in [2.75, 3.05) is 6.61 Å². The van der Waals surface area contributed by atoms with Gasteiger partial charge in [0.25, 0.3) is 5.91 Å². The van der Waals surface area contributed by atoms with E-state index in [2.05, 4.69) is 10.5 Å². The first-order chi connectivity index (χ1) is 14.5. The van der Waals surface area contributed by atoms with Crippen molar-refractivity contribution in [2.24, 2.45) is 5.10 Å². The number of halogens is 2. The molecule has 0 saturated carbocycles. The lowest BCUT2D eigenvalue weighted by molar-refractivity contribution is 0.0955. The summed E-state index contributed by atoms with van der Waals surface area (Å²) in [5.41, 5.74) is 4.59. The lowest BCUT2D eigenvalue weighted by Crippen LogP contribution is -2.17. The summed E-state index contributed by atoms with van der Waals surface area (Å²) in [7, 11) is 0. The molecule has 0 radical (unpaired) electrons. The number of hydrazone groups is 1. The van der Waals surface area contributed by atoms with Gasteiger partial charge in [-0.05, 0) is 67.1 Å².